The second kappa shape index (κ2) is 5.35. The topological polar surface area (TPSA) is 50.9 Å². The normalized spacial score (nSPS) is 24.1. The van der Waals surface area contributed by atoms with E-state index in [1.807, 2.05) is 18.7 Å². The van der Waals surface area contributed by atoms with E-state index in [0.717, 1.165) is 11.2 Å². The van der Waals surface area contributed by atoms with Crippen LogP contribution < -0.4 is 11.3 Å². The number of thioether (sulfide) groups is 1. The van der Waals surface area contributed by atoms with Gasteiger partial charge in [0.05, 0.1) is 11.6 Å². The first-order valence-corrected chi connectivity index (χ1v) is 8.08. The molecule has 3 N–H and O–H groups in total. The van der Waals surface area contributed by atoms with Gasteiger partial charge in [0.15, 0.2) is 0 Å². The summed E-state index contributed by atoms with van der Waals surface area (Å²) in [6, 6.07) is 10.9. The third kappa shape index (κ3) is 2.43. The van der Waals surface area contributed by atoms with Crippen molar-refractivity contribution in [3.8, 4) is 0 Å². The lowest BCUT2D eigenvalue weighted by Gasteiger charge is -2.33. The number of aromatic nitrogens is 1. The number of nitrogens with zero attached hydrogens (tertiary/aromatic N) is 1. The van der Waals surface area contributed by atoms with E-state index in [1.165, 1.54) is 29.5 Å². The Morgan fingerprint density at radius 3 is 2.90 bits per heavy atom. The number of benzene rings is 1. The van der Waals surface area contributed by atoms with Crippen molar-refractivity contribution in [3.63, 3.8) is 0 Å². The summed E-state index contributed by atoms with van der Waals surface area (Å²) >= 11 is 2.02. The van der Waals surface area contributed by atoms with Crippen LogP contribution >= 0.6 is 11.8 Å². The summed E-state index contributed by atoms with van der Waals surface area (Å²) in [6.45, 7) is 4.33. The lowest BCUT2D eigenvalue weighted by molar-refractivity contribution is 0.421. The maximum absolute atomic E-state index is 5.86. The fourth-order valence-corrected chi connectivity index (χ4v) is 4.49. The maximum Gasteiger partial charge on any atom is 0.0705 e. The molecule has 1 aromatic carbocycles. The minimum atomic E-state index is 0.181. The van der Waals surface area contributed by atoms with Crippen LogP contribution in [0.5, 0.6) is 0 Å². The van der Waals surface area contributed by atoms with E-state index in [2.05, 4.69) is 47.7 Å². The zero-order chi connectivity index (χ0) is 14.2. The number of hydrogen-bond acceptors (Lipinski definition) is 4. The Morgan fingerprint density at radius 2 is 2.20 bits per heavy atom. The molecule has 3 nitrogen and oxygen atoms in total. The standard InChI is InChI=1S/C16H21N3S/c1-11-4-5-12-10-13(6-7-14(12)18-11)15(19-17)16(2)8-3-9-20-16/h4-7,10,15,19H,3,8-9,17H2,1-2H3. The molecule has 2 unspecified atom stereocenters. The largest absolute Gasteiger partial charge is 0.271 e. The summed E-state index contributed by atoms with van der Waals surface area (Å²) < 4.78 is 0.181. The minimum absolute atomic E-state index is 0.181. The van der Waals surface area contributed by atoms with Gasteiger partial charge < -0.3 is 0 Å². The number of hydrazine groups is 1. The monoisotopic (exact) mass is 287 g/mol. The molecule has 4 heteroatoms. The first kappa shape index (κ1) is 13.9. The lowest BCUT2D eigenvalue weighted by atomic mass is 9.90. The van der Waals surface area contributed by atoms with E-state index >= 15 is 0 Å². The zero-order valence-corrected chi connectivity index (χ0v) is 12.8. The van der Waals surface area contributed by atoms with E-state index in [-0.39, 0.29) is 10.8 Å². The number of aryl methyl sites for hydroxylation is 1. The Hall–Kier alpha value is -1.10. The van der Waals surface area contributed by atoms with Gasteiger partial charge in [-0.15, -0.1) is 0 Å². The summed E-state index contributed by atoms with van der Waals surface area (Å²) in [4.78, 5) is 4.56. The van der Waals surface area contributed by atoms with E-state index in [1.54, 1.807) is 0 Å². The first-order valence-electron chi connectivity index (χ1n) is 7.10. The third-order valence-electron chi connectivity index (χ3n) is 4.21. The lowest BCUT2D eigenvalue weighted by Crippen LogP contribution is -2.41. The van der Waals surface area contributed by atoms with Crippen molar-refractivity contribution in [2.75, 3.05) is 5.75 Å². The quantitative estimate of drug-likeness (QED) is 0.671. The predicted octanol–water partition coefficient (Wildman–Crippen LogP) is 3.33. The van der Waals surface area contributed by atoms with Crippen LogP contribution in [0.15, 0.2) is 30.3 Å². The van der Waals surface area contributed by atoms with E-state index < -0.39 is 0 Å². The zero-order valence-electron chi connectivity index (χ0n) is 12.0. The Bertz CT molecular complexity index is 620. The molecule has 1 saturated heterocycles. The average Bonchev–Trinajstić information content (AvgIpc) is 2.87. The minimum Gasteiger partial charge on any atom is -0.271 e. The van der Waals surface area contributed by atoms with Gasteiger partial charge in [-0.2, -0.15) is 11.8 Å². The van der Waals surface area contributed by atoms with Crippen LogP contribution in [0.25, 0.3) is 10.9 Å². The van der Waals surface area contributed by atoms with Gasteiger partial charge >= 0.3 is 0 Å². The molecule has 1 aromatic heterocycles. The molecule has 106 valence electrons. The summed E-state index contributed by atoms with van der Waals surface area (Å²) in [6.07, 6.45) is 2.48. The van der Waals surface area contributed by atoms with Gasteiger partial charge in [0.25, 0.3) is 0 Å². The van der Waals surface area contributed by atoms with Gasteiger partial charge in [0.2, 0.25) is 0 Å². The smallest absolute Gasteiger partial charge is 0.0705 e. The summed E-state index contributed by atoms with van der Waals surface area (Å²) in [5, 5.41) is 1.18. The molecule has 0 bridgehead atoms. The molecule has 2 heterocycles. The molecule has 1 aliphatic rings. The van der Waals surface area contributed by atoms with Crippen molar-refractivity contribution >= 4 is 22.7 Å². The predicted molar refractivity (Wildman–Crippen MR) is 86.6 cm³/mol. The molecule has 20 heavy (non-hydrogen) atoms. The molecule has 0 saturated carbocycles. The maximum atomic E-state index is 5.86. The van der Waals surface area contributed by atoms with E-state index in [9.17, 15) is 0 Å². The average molecular weight is 287 g/mol. The number of rotatable bonds is 3. The Kier molecular flexibility index (Phi) is 3.71. The van der Waals surface area contributed by atoms with Crippen molar-refractivity contribution in [3.05, 3.63) is 41.6 Å². The highest BCUT2D eigenvalue weighted by molar-refractivity contribution is 8.00. The highest BCUT2D eigenvalue weighted by Crippen LogP contribution is 2.46. The van der Waals surface area contributed by atoms with Gasteiger partial charge in [0, 0.05) is 15.8 Å². The van der Waals surface area contributed by atoms with Crippen LogP contribution in [0, 0.1) is 6.92 Å². The molecule has 1 fully saturated rings. The summed E-state index contributed by atoms with van der Waals surface area (Å²) in [5.41, 5.74) is 6.39. The molecule has 0 spiro atoms. The molecule has 2 aromatic rings. The summed E-state index contributed by atoms with van der Waals surface area (Å²) in [7, 11) is 0. The van der Waals surface area contributed by atoms with Crippen LogP contribution in [-0.2, 0) is 0 Å². The van der Waals surface area contributed by atoms with E-state index in [4.69, 9.17) is 5.84 Å². The van der Waals surface area contributed by atoms with Crippen molar-refractivity contribution in [2.24, 2.45) is 5.84 Å². The van der Waals surface area contributed by atoms with Crippen molar-refractivity contribution < 1.29 is 0 Å². The number of pyridine rings is 1. The fraction of sp³-hybridized carbons (Fsp3) is 0.438. The van der Waals surface area contributed by atoms with Gasteiger partial charge in [0.1, 0.15) is 0 Å². The first-order chi connectivity index (χ1) is 9.62. The molecule has 3 rings (SSSR count). The van der Waals surface area contributed by atoms with Crippen molar-refractivity contribution in [1.29, 1.82) is 0 Å². The molecule has 2 atom stereocenters. The number of nitrogens with one attached hydrogen (secondary N) is 1. The van der Waals surface area contributed by atoms with Crippen LogP contribution in [0.4, 0.5) is 0 Å². The van der Waals surface area contributed by atoms with Crippen LogP contribution in [0.2, 0.25) is 0 Å². The fourth-order valence-electron chi connectivity index (χ4n) is 3.08. The molecular weight excluding hydrogens is 266 g/mol. The van der Waals surface area contributed by atoms with Crippen LogP contribution in [0.3, 0.4) is 0 Å². The second-order valence-corrected chi connectivity index (χ2v) is 7.40. The molecule has 0 radical (unpaired) electrons. The van der Waals surface area contributed by atoms with Gasteiger partial charge in [-0.1, -0.05) is 12.1 Å². The van der Waals surface area contributed by atoms with E-state index in [0.29, 0.717) is 0 Å². The van der Waals surface area contributed by atoms with Crippen molar-refractivity contribution in [2.45, 2.75) is 37.5 Å². The Morgan fingerprint density at radius 1 is 1.35 bits per heavy atom. The second-order valence-electron chi connectivity index (χ2n) is 5.77. The summed E-state index contributed by atoms with van der Waals surface area (Å²) in [5.74, 6) is 7.08. The van der Waals surface area contributed by atoms with Crippen LogP contribution in [-0.4, -0.2) is 15.5 Å². The van der Waals surface area contributed by atoms with Gasteiger partial charge in [-0.25, -0.2) is 0 Å². The highest BCUT2D eigenvalue weighted by Gasteiger charge is 2.38. The van der Waals surface area contributed by atoms with Crippen LogP contribution in [0.1, 0.15) is 37.1 Å². The number of hydrogen-bond donors (Lipinski definition) is 2. The molecular formula is C16H21N3S. The van der Waals surface area contributed by atoms with Gasteiger partial charge in [-0.05, 0) is 56.2 Å². The third-order valence-corrected chi connectivity index (χ3v) is 5.80. The SMILES string of the molecule is Cc1ccc2cc(C(NN)C3(C)CCCS3)ccc2n1. The molecule has 1 aliphatic heterocycles. The van der Waals surface area contributed by atoms with Gasteiger partial charge in [-0.3, -0.25) is 16.3 Å². The van der Waals surface area contributed by atoms with Crippen molar-refractivity contribution in [1.82, 2.24) is 10.4 Å². The highest BCUT2D eigenvalue weighted by atomic mass is 32.2. The number of fused-ring (bicyclic) bond motifs is 1. The number of nitrogens with two attached hydrogens (primary N) is 1. The molecule has 0 aliphatic carbocycles. The molecule has 0 amide bonds. The Balaban J connectivity index is 2.01. The Labute approximate surface area is 124 Å².